The molecule has 4 nitrogen and oxygen atoms in total. The molecular formula is C11H21F3N2O2. The molecule has 1 atom stereocenters. The predicted molar refractivity (Wildman–Crippen MR) is 62.1 cm³/mol. The molecule has 0 heterocycles. The first-order chi connectivity index (χ1) is 7.96. The van der Waals surface area contributed by atoms with Crippen LogP contribution in [-0.2, 0) is 4.79 Å². The Balaban J connectivity index is 4.65. The van der Waals surface area contributed by atoms with Crippen molar-refractivity contribution in [1.29, 1.82) is 0 Å². The SMILES string of the molecule is CC(C(=O)NC(C)(C)C)N(CCO)CC(F)(F)F. The Kier molecular flexibility index (Phi) is 6.09. The third kappa shape index (κ3) is 7.50. The van der Waals surface area contributed by atoms with Crippen LogP contribution in [0.1, 0.15) is 27.7 Å². The van der Waals surface area contributed by atoms with E-state index in [-0.39, 0.29) is 6.54 Å². The molecular weight excluding hydrogens is 249 g/mol. The van der Waals surface area contributed by atoms with Gasteiger partial charge < -0.3 is 10.4 Å². The highest BCUT2D eigenvalue weighted by Gasteiger charge is 2.35. The molecule has 0 aromatic heterocycles. The maximum atomic E-state index is 12.3. The van der Waals surface area contributed by atoms with Crippen molar-refractivity contribution in [2.75, 3.05) is 19.7 Å². The predicted octanol–water partition coefficient (Wildman–Crippen LogP) is 1.15. The number of amides is 1. The van der Waals surface area contributed by atoms with Crippen LogP contribution in [0, 0.1) is 0 Å². The molecule has 0 aromatic rings. The molecule has 0 fully saturated rings. The van der Waals surface area contributed by atoms with Gasteiger partial charge in [-0.25, -0.2) is 0 Å². The number of nitrogens with zero attached hydrogens (tertiary/aromatic N) is 1. The van der Waals surface area contributed by atoms with Gasteiger partial charge in [-0.05, 0) is 27.7 Å². The maximum Gasteiger partial charge on any atom is 0.401 e. The van der Waals surface area contributed by atoms with Crippen molar-refractivity contribution >= 4 is 5.91 Å². The van der Waals surface area contributed by atoms with E-state index in [9.17, 15) is 18.0 Å². The lowest BCUT2D eigenvalue weighted by molar-refractivity contribution is -0.155. The van der Waals surface area contributed by atoms with Crippen molar-refractivity contribution in [3.8, 4) is 0 Å². The van der Waals surface area contributed by atoms with Crippen LogP contribution in [0.25, 0.3) is 0 Å². The molecule has 0 rings (SSSR count). The van der Waals surface area contributed by atoms with Crippen LogP contribution in [0.3, 0.4) is 0 Å². The number of aliphatic hydroxyl groups excluding tert-OH is 1. The molecule has 0 spiro atoms. The van der Waals surface area contributed by atoms with Crippen LogP contribution in [0.4, 0.5) is 13.2 Å². The number of hydrogen-bond donors (Lipinski definition) is 2. The summed E-state index contributed by atoms with van der Waals surface area (Å²) in [6.07, 6.45) is -4.40. The van der Waals surface area contributed by atoms with Crippen LogP contribution in [-0.4, -0.2) is 53.4 Å². The Morgan fingerprint density at radius 3 is 2.17 bits per heavy atom. The molecule has 0 saturated heterocycles. The molecule has 0 bridgehead atoms. The Morgan fingerprint density at radius 2 is 1.83 bits per heavy atom. The summed E-state index contributed by atoms with van der Waals surface area (Å²) >= 11 is 0. The van der Waals surface area contributed by atoms with E-state index in [0.717, 1.165) is 4.90 Å². The summed E-state index contributed by atoms with van der Waals surface area (Å²) < 4.78 is 37.0. The Morgan fingerprint density at radius 1 is 1.33 bits per heavy atom. The van der Waals surface area contributed by atoms with Crippen molar-refractivity contribution in [2.45, 2.75) is 45.5 Å². The quantitative estimate of drug-likeness (QED) is 0.788. The molecule has 108 valence electrons. The second-order valence-electron chi connectivity index (χ2n) is 5.22. The number of rotatable bonds is 5. The van der Waals surface area contributed by atoms with Crippen molar-refractivity contribution in [3.63, 3.8) is 0 Å². The average Bonchev–Trinajstić information content (AvgIpc) is 2.11. The zero-order valence-electron chi connectivity index (χ0n) is 11.1. The van der Waals surface area contributed by atoms with E-state index >= 15 is 0 Å². The van der Waals surface area contributed by atoms with E-state index in [1.807, 2.05) is 0 Å². The molecule has 1 amide bonds. The zero-order chi connectivity index (χ0) is 14.6. The molecule has 1 unspecified atom stereocenters. The second kappa shape index (κ2) is 6.38. The van der Waals surface area contributed by atoms with Crippen molar-refractivity contribution in [3.05, 3.63) is 0 Å². The third-order valence-electron chi connectivity index (χ3n) is 2.19. The van der Waals surface area contributed by atoms with Crippen LogP contribution >= 0.6 is 0 Å². The maximum absolute atomic E-state index is 12.3. The number of aliphatic hydroxyl groups is 1. The van der Waals surface area contributed by atoms with E-state index in [1.165, 1.54) is 6.92 Å². The number of carbonyl (C=O) groups excluding carboxylic acids is 1. The van der Waals surface area contributed by atoms with Gasteiger partial charge in [-0.3, -0.25) is 9.69 Å². The molecule has 0 saturated carbocycles. The summed E-state index contributed by atoms with van der Waals surface area (Å²) in [6.45, 7) is 4.80. The van der Waals surface area contributed by atoms with Crippen LogP contribution in [0.15, 0.2) is 0 Å². The minimum absolute atomic E-state index is 0.196. The minimum Gasteiger partial charge on any atom is -0.395 e. The van der Waals surface area contributed by atoms with Gasteiger partial charge in [-0.15, -0.1) is 0 Å². The van der Waals surface area contributed by atoms with E-state index in [0.29, 0.717) is 0 Å². The molecule has 0 aliphatic heterocycles. The molecule has 0 aliphatic rings. The third-order valence-corrected chi connectivity index (χ3v) is 2.19. The highest BCUT2D eigenvalue weighted by atomic mass is 19.4. The number of hydrogen-bond acceptors (Lipinski definition) is 3. The number of alkyl halides is 3. The first-order valence-electron chi connectivity index (χ1n) is 5.70. The summed E-state index contributed by atoms with van der Waals surface area (Å²) in [5.74, 6) is -0.486. The molecule has 18 heavy (non-hydrogen) atoms. The minimum atomic E-state index is -4.40. The lowest BCUT2D eigenvalue weighted by Gasteiger charge is -2.31. The summed E-state index contributed by atoms with van der Waals surface area (Å²) in [5.41, 5.74) is -0.505. The fourth-order valence-electron chi connectivity index (χ4n) is 1.41. The topological polar surface area (TPSA) is 52.6 Å². The van der Waals surface area contributed by atoms with Crippen LogP contribution in [0.5, 0.6) is 0 Å². The Bertz CT molecular complexity index is 274. The average molecular weight is 270 g/mol. The lowest BCUT2D eigenvalue weighted by atomic mass is 10.1. The van der Waals surface area contributed by atoms with Crippen LogP contribution < -0.4 is 5.32 Å². The van der Waals surface area contributed by atoms with E-state index in [1.54, 1.807) is 20.8 Å². The van der Waals surface area contributed by atoms with E-state index in [2.05, 4.69) is 5.32 Å². The molecule has 0 radical (unpaired) electrons. The van der Waals surface area contributed by atoms with Gasteiger partial charge in [0.25, 0.3) is 0 Å². The summed E-state index contributed by atoms with van der Waals surface area (Å²) in [5, 5.41) is 11.4. The second-order valence-corrected chi connectivity index (χ2v) is 5.22. The highest BCUT2D eigenvalue weighted by Crippen LogP contribution is 2.18. The number of halogens is 3. The normalized spacial score (nSPS) is 14.7. The molecule has 7 heteroatoms. The zero-order valence-corrected chi connectivity index (χ0v) is 11.1. The molecule has 0 aliphatic carbocycles. The number of nitrogens with one attached hydrogen (secondary N) is 1. The van der Waals surface area contributed by atoms with Gasteiger partial charge in [-0.1, -0.05) is 0 Å². The standard InChI is InChI=1S/C11H21F3N2O2/c1-8(9(18)15-10(2,3)4)16(5-6-17)7-11(12,13)14/h8,17H,5-7H2,1-4H3,(H,15,18). The highest BCUT2D eigenvalue weighted by molar-refractivity contribution is 5.81. The van der Waals surface area contributed by atoms with Crippen molar-refractivity contribution < 1.29 is 23.1 Å². The van der Waals surface area contributed by atoms with E-state index in [4.69, 9.17) is 5.11 Å². The van der Waals surface area contributed by atoms with Gasteiger partial charge in [0.15, 0.2) is 0 Å². The summed E-state index contributed by atoms with van der Waals surface area (Å²) in [7, 11) is 0. The molecule has 2 N–H and O–H groups in total. The monoisotopic (exact) mass is 270 g/mol. The summed E-state index contributed by atoms with van der Waals surface area (Å²) in [4.78, 5) is 12.7. The fraction of sp³-hybridized carbons (Fsp3) is 0.909. The van der Waals surface area contributed by atoms with Gasteiger partial charge in [-0.2, -0.15) is 13.2 Å². The Labute approximate surface area is 105 Å². The van der Waals surface area contributed by atoms with Gasteiger partial charge in [0.2, 0.25) is 5.91 Å². The van der Waals surface area contributed by atoms with Gasteiger partial charge in [0.05, 0.1) is 19.2 Å². The van der Waals surface area contributed by atoms with Crippen molar-refractivity contribution in [1.82, 2.24) is 10.2 Å². The van der Waals surface area contributed by atoms with Gasteiger partial charge in [0.1, 0.15) is 0 Å². The smallest absolute Gasteiger partial charge is 0.395 e. The van der Waals surface area contributed by atoms with Crippen LogP contribution in [0.2, 0.25) is 0 Å². The lowest BCUT2D eigenvalue weighted by Crippen LogP contribution is -2.53. The van der Waals surface area contributed by atoms with Gasteiger partial charge in [0, 0.05) is 12.1 Å². The van der Waals surface area contributed by atoms with Crippen molar-refractivity contribution in [2.24, 2.45) is 0 Å². The number of carbonyl (C=O) groups is 1. The van der Waals surface area contributed by atoms with E-state index < -0.39 is 36.8 Å². The Hall–Kier alpha value is -0.820. The first-order valence-corrected chi connectivity index (χ1v) is 5.70. The van der Waals surface area contributed by atoms with Gasteiger partial charge >= 0.3 is 6.18 Å². The molecule has 0 aromatic carbocycles. The summed E-state index contributed by atoms with van der Waals surface area (Å²) in [6, 6.07) is -0.946. The first kappa shape index (κ1) is 17.2. The largest absolute Gasteiger partial charge is 0.401 e. The fourth-order valence-corrected chi connectivity index (χ4v) is 1.41.